The van der Waals surface area contributed by atoms with Crippen LogP contribution in [0.2, 0.25) is 0 Å². The fraction of sp³-hybridized carbons (Fsp3) is 0.375. The molecule has 0 unspecified atom stereocenters. The molecule has 3 rings (SSSR count). The Labute approximate surface area is 188 Å². The Morgan fingerprint density at radius 1 is 1.00 bits per heavy atom. The van der Waals surface area contributed by atoms with Crippen LogP contribution in [0.25, 0.3) is 0 Å². The fourth-order valence-electron chi connectivity index (χ4n) is 3.34. The van der Waals surface area contributed by atoms with Gasteiger partial charge in [0.05, 0.1) is 12.9 Å². The number of amides is 1. The quantitative estimate of drug-likeness (QED) is 0.434. The molecule has 0 fully saturated rings. The van der Waals surface area contributed by atoms with E-state index in [0.29, 0.717) is 12.3 Å². The summed E-state index contributed by atoms with van der Waals surface area (Å²) < 4.78 is 7.31. The molecule has 0 aliphatic carbocycles. The van der Waals surface area contributed by atoms with Crippen LogP contribution >= 0.6 is 11.8 Å². The van der Waals surface area contributed by atoms with E-state index in [1.54, 1.807) is 7.11 Å². The summed E-state index contributed by atoms with van der Waals surface area (Å²) >= 11 is 1.44. The van der Waals surface area contributed by atoms with Crippen molar-refractivity contribution in [3.8, 4) is 5.75 Å². The summed E-state index contributed by atoms with van der Waals surface area (Å²) in [5.74, 6) is 2.22. The minimum Gasteiger partial charge on any atom is -0.497 e. The Balaban J connectivity index is 1.42. The predicted molar refractivity (Wildman–Crippen MR) is 125 cm³/mol. The molecule has 0 aliphatic heterocycles. The molecule has 0 atom stereocenters. The molecule has 1 amide bonds. The second-order valence-electron chi connectivity index (χ2n) is 7.22. The van der Waals surface area contributed by atoms with Gasteiger partial charge in [-0.3, -0.25) is 4.79 Å². The smallest absolute Gasteiger partial charge is 0.230 e. The zero-order valence-electron chi connectivity index (χ0n) is 18.2. The standard InChI is InChI=1S/C24H30N4O2S/c1-3-28-22(11-7-10-20-12-14-21(30-2)15-13-20)26-27-24(28)31-18-23(29)25-17-16-19-8-5-4-6-9-19/h4-6,8-9,12-15H,3,7,10-11,16-18H2,1-2H3,(H,25,29). The third kappa shape index (κ3) is 7.14. The zero-order valence-corrected chi connectivity index (χ0v) is 19.0. The Kier molecular flexibility index (Phi) is 8.97. The average molecular weight is 439 g/mol. The molecule has 0 bridgehead atoms. The summed E-state index contributed by atoms with van der Waals surface area (Å²) in [6.45, 7) is 3.52. The van der Waals surface area contributed by atoms with E-state index in [1.807, 2.05) is 30.3 Å². The van der Waals surface area contributed by atoms with Crippen LogP contribution in [-0.2, 0) is 30.6 Å². The molecule has 7 heteroatoms. The maximum Gasteiger partial charge on any atom is 0.230 e. The lowest BCUT2D eigenvalue weighted by Gasteiger charge is -2.08. The molecule has 0 spiro atoms. The third-order valence-corrected chi connectivity index (χ3v) is 6.01. The minimum absolute atomic E-state index is 0.0210. The van der Waals surface area contributed by atoms with Gasteiger partial charge in [-0.25, -0.2) is 0 Å². The van der Waals surface area contributed by atoms with Crippen molar-refractivity contribution in [2.24, 2.45) is 0 Å². The summed E-state index contributed by atoms with van der Waals surface area (Å²) in [5, 5.41) is 12.5. The van der Waals surface area contributed by atoms with Gasteiger partial charge in [0, 0.05) is 19.5 Å². The normalized spacial score (nSPS) is 10.8. The van der Waals surface area contributed by atoms with Crippen LogP contribution in [0, 0.1) is 0 Å². The topological polar surface area (TPSA) is 69.0 Å². The molecule has 1 N–H and O–H groups in total. The molecule has 2 aromatic carbocycles. The summed E-state index contributed by atoms with van der Waals surface area (Å²) in [7, 11) is 1.68. The molecule has 1 aromatic heterocycles. The number of thioether (sulfide) groups is 1. The minimum atomic E-state index is 0.0210. The van der Waals surface area contributed by atoms with Gasteiger partial charge in [-0.15, -0.1) is 10.2 Å². The molecule has 0 aliphatic rings. The number of nitrogens with zero attached hydrogens (tertiary/aromatic N) is 3. The summed E-state index contributed by atoms with van der Waals surface area (Å²) in [4.78, 5) is 12.2. The first-order valence-corrected chi connectivity index (χ1v) is 11.7. The number of rotatable bonds is 12. The molecular formula is C24H30N4O2S. The lowest BCUT2D eigenvalue weighted by atomic mass is 10.1. The van der Waals surface area contributed by atoms with Gasteiger partial charge in [0.15, 0.2) is 5.16 Å². The molecule has 6 nitrogen and oxygen atoms in total. The molecule has 0 saturated carbocycles. The number of aromatic nitrogens is 3. The van der Waals surface area contributed by atoms with E-state index in [-0.39, 0.29) is 5.91 Å². The highest BCUT2D eigenvalue weighted by Crippen LogP contribution is 2.19. The monoisotopic (exact) mass is 438 g/mol. The van der Waals surface area contributed by atoms with E-state index in [0.717, 1.165) is 49.0 Å². The van der Waals surface area contributed by atoms with Crippen LogP contribution in [0.3, 0.4) is 0 Å². The Hall–Kier alpha value is -2.80. The second kappa shape index (κ2) is 12.2. The lowest BCUT2D eigenvalue weighted by Crippen LogP contribution is -2.27. The van der Waals surface area contributed by atoms with Crippen LogP contribution in [0.1, 0.15) is 30.3 Å². The summed E-state index contributed by atoms with van der Waals surface area (Å²) in [6, 6.07) is 18.3. The van der Waals surface area contributed by atoms with Crippen LogP contribution in [0.15, 0.2) is 59.8 Å². The number of hydrogen-bond donors (Lipinski definition) is 1. The number of benzene rings is 2. The lowest BCUT2D eigenvalue weighted by molar-refractivity contribution is -0.118. The van der Waals surface area contributed by atoms with Gasteiger partial charge < -0.3 is 14.6 Å². The molecule has 0 radical (unpaired) electrons. The first-order chi connectivity index (χ1) is 15.2. The molecule has 3 aromatic rings. The van der Waals surface area contributed by atoms with Crippen molar-refractivity contribution in [1.29, 1.82) is 0 Å². The van der Waals surface area contributed by atoms with E-state index in [2.05, 4.69) is 51.3 Å². The highest BCUT2D eigenvalue weighted by molar-refractivity contribution is 7.99. The maximum atomic E-state index is 12.2. The first kappa shape index (κ1) is 22.9. The number of aryl methyl sites for hydroxylation is 2. The third-order valence-electron chi connectivity index (χ3n) is 5.05. The second-order valence-corrected chi connectivity index (χ2v) is 8.16. The van der Waals surface area contributed by atoms with Gasteiger partial charge in [0.1, 0.15) is 11.6 Å². The SMILES string of the molecule is CCn1c(CCCc2ccc(OC)cc2)nnc1SCC(=O)NCCc1ccccc1. The van der Waals surface area contributed by atoms with E-state index in [9.17, 15) is 4.79 Å². The Morgan fingerprint density at radius 3 is 2.45 bits per heavy atom. The predicted octanol–water partition coefficient (Wildman–Crippen LogP) is 3.93. The van der Waals surface area contributed by atoms with E-state index in [4.69, 9.17) is 4.74 Å². The van der Waals surface area contributed by atoms with Crippen LogP contribution in [-0.4, -0.2) is 40.1 Å². The Bertz CT molecular complexity index is 942. The van der Waals surface area contributed by atoms with Crippen molar-refractivity contribution >= 4 is 17.7 Å². The highest BCUT2D eigenvalue weighted by atomic mass is 32.2. The average Bonchev–Trinajstić information content (AvgIpc) is 3.20. The number of ether oxygens (including phenoxy) is 1. The van der Waals surface area contributed by atoms with Crippen LogP contribution in [0.5, 0.6) is 5.75 Å². The number of carbonyl (C=O) groups is 1. The van der Waals surface area contributed by atoms with Crippen LogP contribution in [0.4, 0.5) is 0 Å². The van der Waals surface area contributed by atoms with Crippen molar-refractivity contribution in [3.05, 3.63) is 71.5 Å². The number of carbonyl (C=O) groups excluding carboxylic acids is 1. The van der Waals surface area contributed by atoms with Crippen molar-refractivity contribution in [1.82, 2.24) is 20.1 Å². The summed E-state index contributed by atoms with van der Waals surface area (Å²) in [5.41, 5.74) is 2.51. The van der Waals surface area contributed by atoms with E-state index >= 15 is 0 Å². The largest absolute Gasteiger partial charge is 0.497 e. The van der Waals surface area contributed by atoms with Crippen molar-refractivity contribution in [2.75, 3.05) is 19.4 Å². The number of methoxy groups -OCH3 is 1. The molecule has 31 heavy (non-hydrogen) atoms. The molecule has 0 saturated heterocycles. The maximum absolute atomic E-state index is 12.2. The van der Waals surface area contributed by atoms with Crippen molar-refractivity contribution < 1.29 is 9.53 Å². The van der Waals surface area contributed by atoms with Gasteiger partial charge in [-0.2, -0.15) is 0 Å². The molecule has 164 valence electrons. The van der Waals surface area contributed by atoms with Crippen LogP contribution < -0.4 is 10.1 Å². The van der Waals surface area contributed by atoms with Gasteiger partial charge >= 0.3 is 0 Å². The highest BCUT2D eigenvalue weighted by Gasteiger charge is 2.13. The van der Waals surface area contributed by atoms with Crippen molar-refractivity contribution in [3.63, 3.8) is 0 Å². The fourth-order valence-corrected chi connectivity index (χ4v) is 4.19. The van der Waals surface area contributed by atoms with E-state index in [1.165, 1.54) is 22.9 Å². The van der Waals surface area contributed by atoms with Gasteiger partial charge in [-0.05, 0) is 49.4 Å². The van der Waals surface area contributed by atoms with Crippen molar-refractivity contribution in [2.45, 2.75) is 44.3 Å². The van der Waals surface area contributed by atoms with Gasteiger partial charge in [0.25, 0.3) is 0 Å². The molecule has 1 heterocycles. The van der Waals surface area contributed by atoms with Gasteiger partial charge in [-0.1, -0.05) is 54.2 Å². The Morgan fingerprint density at radius 2 is 1.74 bits per heavy atom. The molecular weight excluding hydrogens is 408 g/mol. The number of nitrogens with one attached hydrogen (secondary N) is 1. The van der Waals surface area contributed by atoms with E-state index < -0.39 is 0 Å². The zero-order chi connectivity index (χ0) is 21.9. The summed E-state index contributed by atoms with van der Waals surface area (Å²) in [6.07, 6.45) is 3.67. The van der Waals surface area contributed by atoms with Gasteiger partial charge in [0.2, 0.25) is 5.91 Å². The first-order valence-electron chi connectivity index (χ1n) is 10.7. The number of hydrogen-bond acceptors (Lipinski definition) is 5.